The Labute approximate surface area is 190 Å². The molecular formula is C23H36N6O3. The van der Waals surface area contributed by atoms with E-state index >= 15 is 0 Å². The van der Waals surface area contributed by atoms with Gasteiger partial charge in [-0.2, -0.15) is 0 Å². The number of amides is 2. The van der Waals surface area contributed by atoms with Gasteiger partial charge in [-0.25, -0.2) is 4.98 Å². The molecule has 9 nitrogen and oxygen atoms in total. The van der Waals surface area contributed by atoms with Gasteiger partial charge in [-0.05, 0) is 18.2 Å². The molecule has 0 aliphatic heterocycles. The predicted molar refractivity (Wildman–Crippen MR) is 128 cm³/mol. The van der Waals surface area contributed by atoms with Crippen molar-refractivity contribution in [3.8, 4) is 0 Å². The first kappa shape index (κ1) is 28.4. The van der Waals surface area contributed by atoms with Gasteiger partial charge in [0.2, 0.25) is 5.91 Å². The molecule has 176 valence electrons. The second-order valence-corrected chi connectivity index (χ2v) is 6.34. The fraction of sp³-hybridized carbons (Fsp3) is 0.391. The molecule has 0 radical (unpaired) electrons. The van der Waals surface area contributed by atoms with E-state index in [1.807, 2.05) is 34.7 Å². The van der Waals surface area contributed by atoms with Crippen molar-refractivity contribution < 1.29 is 14.4 Å². The third-order valence-electron chi connectivity index (χ3n) is 4.05. The fourth-order valence-electron chi connectivity index (χ4n) is 2.60. The summed E-state index contributed by atoms with van der Waals surface area (Å²) in [4.78, 5) is 37.6. The molecule has 0 aromatic carbocycles. The van der Waals surface area contributed by atoms with Gasteiger partial charge in [-0.1, -0.05) is 27.7 Å². The van der Waals surface area contributed by atoms with Gasteiger partial charge in [0.05, 0.1) is 17.8 Å². The molecule has 0 bridgehead atoms. The largest absolute Gasteiger partial charge is 0.369 e. The Morgan fingerprint density at radius 3 is 2.00 bits per heavy atom. The Kier molecular flexibility index (Phi) is 12.8. The molecule has 0 spiro atoms. The summed E-state index contributed by atoms with van der Waals surface area (Å²) in [5.41, 5.74) is 6.72. The van der Waals surface area contributed by atoms with Crippen LogP contribution in [0.4, 0.5) is 5.69 Å². The van der Waals surface area contributed by atoms with Crippen LogP contribution in [0.15, 0.2) is 43.0 Å². The number of primary amides is 1. The predicted octanol–water partition coefficient (Wildman–Crippen LogP) is 3.32. The maximum atomic E-state index is 12.0. The third-order valence-corrected chi connectivity index (χ3v) is 4.05. The van der Waals surface area contributed by atoms with E-state index in [2.05, 4.69) is 10.3 Å². The van der Waals surface area contributed by atoms with E-state index < -0.39 is 0 Å². The van der Waals surface area contributed by atoms with Crippen LogP contribution in [0.25, 0.3) is 0 Å². The normalized spacial score (nSPS) is 9.25. The van der Waals surface area contributed by atoms with Crippen LogP contribution in [0, 0.1) is 0 Å². The molecule has 2 amide bonds. The molecule has 3 aromatic heterocycles. The van der Waals surface area contributed by atoms with E-state index in [0.717, 1.165) is 0 Å². The molecular weight excluding hydrogens is 408 g/mol. The number of carbonyl (C=O) groups excluding carboxylic acids is 3. The monoisotopic (exact) mass is 444 g/mol. The third kappa shape index (κ3) is 8.63. The number of hydrogen-bond donors (Lipinski definition) is 2. The summed E-state index contributed by atoms with van der Waals surface area (Å²) in [7, 11) is 5.40. The highest BCUT2D eigenvalue weighted by atomic mass is 16.2. The zero-order valence-corrected chi connectivity index (χ0v) is 20.3. The number of carbonyl (C=O) groups is 3. The molecule has 3 rings (SSSR count). The minimum Gasteiger partial charge on any atom is -0.369 e. The van der Waals surface area contributed by atoms with Crippen LogP contribution in [0.3, 0.4) is 0 Å². The Morgan fingerprint density at radius 2 is 1.59 bits per heavy atom. The number of nitrogens with zero attached hydrogens (tertiary/aromatic N) is 4. The molecule has 0 aliphatic carbocycles. The number of ketones is 1. The van der Waals surface area contributed by atoms with E-state index in [0.29, 0.717) is 22.9 Å². The number of rotatable bonds is 5. The minimum absolute atomic E-state index is 0.0307. The summed E-state index contributed by atoms with van der Waals surface area (Å²) in [6.07, 6.45) is 7.15. The minimum atomic E-state index is -0.352. The molecule has 9 heteroatoms. The quantitative estimate of drug-likeness (QED) is 0.587. The van der Waals surface area contributed by atoms with Crippen molar-refractivity contribution in [3.63, 3.8) is 0 Å². The molecule has 3 aromatic rings. The average Bonchev–Trinajstić information content (AvgIpc) is 3.46. The summed E-state index contributed by atoms with van der Waals surface area (Å²) >= 11 is 0. The lowest BCUT2D eigenvalue weighted by molar-refractivity contribution is -0.117. The van der Waals surface area contributed by atoms with Crippen LogP contribution < -0.4 is 11.1 Å². The summed E-state index contributed by atoms with van der Waals surface area (Å²) in [5, 5.41) is 2.77. The maximum absolute atomic E-state index is 12.0. The summed E-state index contributed by atoms with van der Waals surface area (Å²) < 4.78 is 5.21. The molecule has 3 heterocycles. The van der Waals surface area contributed by atoms with E-state index in [4.69, 9.17) is 5.73 Å². The lowest BCUT2D eigenvalue weighted by Crippen LogP contribution is -2.16. The van der Waals surface area contributed by atoms with Gasteiger partial charge < -0.3 is 24.8 Å². The van der Waals surface area contributed by atoms with Gasteiger partial charge in [0, 0.05) is 52.9 Å². The number of aromatic nitrogens is 4. The second-order valence-electron chi connectivity index (χ2n) is 6.34. The Balaban J connectivity index is 0.000000582. The second kappa shape index (κ2) is 14.4. The van der Waals surface area contributed by atoms with Crippen LogP contribution in [0.1, 0.15) is 61.4 Å². The number of imidazole rings is 1. The Hall–Kier alpha value is -3.62. The highest BCUT2D eigenvalue weighted by molar-refractivity contribution is 6.04. The molecule has 0 aliphatic rings. The number of aryl methyl sites for hydroxylation is 3. The number of Topliss-reactive ketones (excluding diaryl/α,β-unsaturated/α-hetero) is 1. The SMILES string of the molecule is CC.CC.CC(=O)c1cc(NC(=O)c2cccn2C)cn1C.Cn1ccnc1CC(N)=O. The van der Waals surface area contributed by atoms with Gasteiger partial charge in [0.15, 0.2) is 5.78 Å². The van der Waals surface area contributed by atoms with Crippen molar-refractivity contribution >= 4 is 23.3 Å². The Morgan fingerprint density at radius 1 is 0.969 bits per heavy atom. The van der Waals surface area contributed by atoms with E-state index in [1.54, 1.807) is 70.8 Å². The van der Waals surface area contributed by atoms with E-state index in [1.165, 1.54) is 6.92 Å². The van der Waals surface area contributed by atoms with Crippen LogP contribution in [-0.4, -0.2) is 36.3 Å². The molecule has 0 atom stereocenters. The zero-order chi connectivity index (χ0) is 24.8. The van der Waals surface area contributed by atoms with Crippen LogP contribution in [-0.2, 0) is 32.4 Å². The molecule has 0 unspecified atom stereocenters. The first-order valence-corrected chi connectivity index (χ1v) is 10.5. The van der Waals surface area contributed by atoms with Gasteiger partial charge >= 0.3 is 0 Å². The van der Waals surface area contributed by atoms with Gasteiger partial charge in [-0.15, -0.1) is 0 Å². The summed E-state index contributed by atoms with van der Waals surface area (Å²) in [5.74, 6) is 0.127. The van der Waals surface area contributed by atoms with Gasteiger partial charge in [-0.3, -0.25) is 14.4 Å². The molecule has 0 saturated heterocycles. The fourth-order valence-corrected chi connectivity index (χ4v) is 2.60. The maximum Gasteiger partial charge on any atom is 0.272 e. The van der Waals surface area contributed by atoms with Crippen molar-refractivity contribution in [1.82, 2.24) is 18.7 Å². The standard InChI is InChI=1S/C13H15N3O2.C6H9N3O.2C2H6/c1-9(17)12-7-10(8-16(12)3)14-13(18)11-5-4-6-15(11)2;1-9-3-2-8-6(9)4-5(7)10;2*1-2/h4-8H,1-3H3,(H,14,18);2-3H,4H2,1H3,(H2,7,10);2*1-2H3. The smallest absolute Gasteiger partial charge is 0.272 e. The lowest BCUT2D eigenvalue weighted by atomic mass is 10.3. The number of anilines is 1. The molecule has 3 N–H and O–H groups in total. The van der Waals surface area contributed by atoms with Crippen molar-refractivity contribution in [2.24, 2.45) is 26.9 Å². The molecule has 0 fully saturated rings. The van der Waals surface area contributed by atoms with Crippen LogP contribution in [0.2, 0.25) is 0 Å². The number of nitrogens with two attached hydrogens (primary N) is 1. The number of nitrogens with one attached hydrogen (secondary N) is 1. The molecule has 32 heavy (non-hydrogen) atoms. The highest BCUT2D eigenvalue weighted by Gasteiger charge is 2.12. The van der Waals surface area contributed by atoms with Crippen molar-refractivity contribution in [2.45, 2.75) is 41.0 Å². The van der Waals surface area contributed by atoms with Crippen molar-refractivity contribution in [1.29, 1.82) is 0 Å². The van der Waals surface area contributed by atoms with Crippen molar-refractivity contribution in [2.75, 3.05) is 5.32 Å². The van der Waals surface area contributed by atoms with Crippen LogP contribution in [0.5, 0.6) is 0 Å². The van der Waals surface area contributed by atoms with Gasteiger partial charge in [0.25, 0.3) is 5.91 Å². The Bertz CT molecular complexity index is 997. The van der Waals surface area contributed by atoms with Crippen LogP contribution >= 0.6 is 0 Å². The van der Waals surface area contributed by atoms with Crippen molar-refractivity contribution in [3.05, 3.63) is 60.2 Å². The molecule has 0 saturated carbocycles. The summed E-state index contributed by atoms with van der Waals surface area (Å²) in [6.45, 7) is 9.50. The zero-order valence-electron chi connectivity index (χ0n) is 20.3. The first-order chi connectivity index (χ1) is 15.2. The number of hydrogen-bond acceptors (Lipinski definition) is 4. The average molecular weight is 445 g/mol. The summed E-state index contributed by atoms with van der Waals surface area (Å²) in [6, 6.07) is 5.22. The van der Waals surface area contributed by atoms with Gasteiger partial charge in [0.1, 0.15) is 11.5 Å². The first-order valence-electron chi connectivity index (χ1n) is 10.5. The lowest BCUT2D eigenvalue weighted by Gasteiger charge is -2.03. The van der Waals surface area contributed by atoms with E-state index in [9.17, 15) is 14.4 Å². The highest BCUT2D eigenvalue weighted by Crippen LogP contribution is 2.14. The van der Waals surface area contributed by atoms with E-state index in [-0.39, 0.29) is 24.0 Å². The topological polar surface area (TPSA) is 117 Å².